The molecule has 2 aliphatic rings. The van der Waals surface area contributed by atoms with Gasteiger partial charge in [0.25, 0.3) is 0 Å². The van der Waals surface area contributed by atoms with E-state index in [4.69, 9.17) is 0 Å². The van der Waals surface area contributed by atoms with Gasteiger partial charge in [-0.2, -0.15) is 0 Å². The van der Waals surface area contributed by atoms with Gasteiger partial charge in [0.15, 0.2) is 0 Å². The van der Waals surface area contributed by atoms with Crippen LogP contribution in [0.3, 0.4) is 0 Å². The molecule has 1 N–H and O–H groups in total. The average molecular weight is 262 g/mol. The Morgan fingerprint density at radius 2 is 1.89 bits per heavy atom. The van der Waals surface area contributed by atoms with E-state index in [1.54, 1.807) is 12.1 Å². The number of nitrogens with zero attached hydrogens (tertiary/aromatic N) is 1. The van der Waals surface area contributed by atoms with Crippen molar-refractivity contribution in [3.8, 4) is 0 Å². The van der Waals surface area contributed by atoms with E-state index < -0.39 is 0 Å². The number of hydrogen-bond acceptors (Lipinski definition) is 2. The van der Waals surface area contributed by atoms with E-state index in [2.05, 4.69) is 17.1 Å². The van der Waals surface area contributed by atoms with Crippen LogP contribution < -0.4 is 5.32 Å². The quantitative estimate of drug-likeness (QED) is 0.897. The summed E-state index contributed by atoms with van der Waals surface area (Å²) in [6.07, 6.45) is 5.08. The van der Waals surface area contributed by atoms with Crippen LogP contribution in [0.2, 0.25) is 0 Å². The van der Waals surface area contributed by atoms with Gasteiger partial charge in [-0.05, 0) is 38.3 Å². The van der Waals surface area contributed by atoms with E-state index in [1.807, 2.05) is 12.1 Å². The summed E-state index contributed by atoms with van der Waals surface area (Å²) in [5.74, 6) is -0.0714. The van der Waals surface area contributed by atoms with Gasteiger partial charge in [0, 0.05) is 30.2 Å². The fraction of sp³-hybridized carbons (Fsp3) is 0.625. The molecule has 2 heterocycles. The zero-order chi connectivity index (χ0) is 13.2. The molecular weight excluding hydrogens is 239 g/mol. The largest absolute Gasteiger partial charge is 0.311 e. The average Bonchev–Trinajstić information content (AvgIpc) is 2.76. The van der Waals surface area contributed by atoms with E-state index in [1.165, 1.54) is 25.7 Å². The number of hydrogen-bond donors (Lipinski definition) is 1. The van der Waals surface area contributed by atoms with Crippen LogP contribution >= 0.6 is 0 Å². The SMILES string of the molecule is CCN(Cc1ccccc1F)C1CC2CCC(C1)N2. The van der Waals surface area contributed by atoms with Gasteiger partial charge in [-0.1, -0.05) is 25.1 Å². The van der Waals surface area contributed by atoms with Crippen LogP contribution in [-0.2, 0) is 6.54 Å². The molecule has 2 fully saturated rings. The highest BCUT2D eigenvalue weighted by molar-refractivity contribution is 5.17. The summed E-state index contributed by atoms with van der Waals surface area (Å²) in [7, 11) is 0. The monoisotopic (exact) mass is 262 g/mol. The zero-order valence-corrected chi connectivity index (χ0v) is 11.6. The molecule has 19 heavy (non-hydrogen) atoms. The Balaban J connectivity index is 1.69. The normalized spacial score (nSPS) is 29.9. The van der Waals surface area contributed by atoms with Crippen LogP contribution in [-0.4, -0.2) is 29.6 Å². The molecule has 3 heteroatoms. The minimum Gasteiger partial charge on any atom is -0.311 e. The standard InChI is InChI=1S/C16H23FN2/c1-2-19(11-12-5-3-4-6-16(12)17)15-9-13-7-8-14(10-15)18-13/h3-6,13-15,18H,2,7-11H2,1H3. The molecule has 2 aliphatic heterocycles. The van der Waals surface area contributed by atoms with Gasteiger partial charge in [-0.15, -0.1) is 0 Å². The first kappa shape index (κ1) is 13.1. The summed E-state index contributed by atoms with van der Waals surface area (Å²) < 4.78 is 13.8. The van der Waals surface area contributed by atoms with E-state index in [0.717, 1.165) is 18.7 Å². The maximum atomic E-state index is 13.8. The van der Waals surface area contributed by atoms with Crippen molar-refractivity contribution in [1.29, 1.82) is 0 Å². The minimum absolute atomic E-state index is 0.0714. The fourth-order valence-corrected chi connectivity index (χ4v) is 3.67. The highest BCUT2D eigenvalue weighted by Crippen LogP contribution is 2.30. The maximum Gasteiger partial charge on any atom is 0.127 e. The maximum absolute atomic E-state index is 13.8. The smallest absolute Gasteiger partial charge is 0.127 e. The molecule has 2 atom stereocenters. The van der Waals surface area contributed by atoms with Gasteiger partial charge in [0.05, 0.1) is 0 Å². The third-order valence-corrected chi connectivity index (χ3v) is 4.70. The highest BCUT2D eigenvalue weighted by Gasteiger charge is 2.35. The predicted octanol–water partition coefficient (Wildman–Crippen LogP) is 2.93. The molecule has 2 saturated heterocycles. The van der Waals surface area contributed by atoms with Crippen LogP contribution in [0.25, 0.3) is 0 Å². The van der Waals surface area contributed by atoms with Crippen molar-refractivity contribution in [2.75, 3.05) is 6.54 Å². The lowest BCUT2D eigenvalue weighted by molar-refractivity contribution is 0.139. The lowest BCUT2D eigenvalue weighted by Crippen LogP contribution is -2.48. The number of benzene rings is 1. The van der Waals surface area contributed by atoms with Gasteiger partial charge >= 0.3 is 0 Å². The summed E-state index contributed by atoms with van der Waals surface area (Å²) in [5, 5.41) is 3.67. The summed E-state index contributed by atoms with van der Waals surface area (Å²) in [4.78, 5) is 2.45. The van der Waals surface area contributed by atoms with E-state index in [9.17, 15) is 4.39 Å². The van der Waals surface area contributed by atoms with Crippen molar-refractivity contribution in [3.63, 3.8) is 0 Å². The van der Waals surface area contributed by atoms with Crippen molar-refractivity contribution in [2.45, 2.75) is 57.3 Å². The molecule has 3 rings (SSSR count). The third kappa shape index (κ3) is 2.82. The zero-order valence-electron chi connectivity index (χ0n) is 11.6. The van der Waals surface area contributed by atoms with Crippen molar-refractivity contribution < 1.29 is 4.39 Å². The number of halogens is 1. The van der Waals surface area contributed by atoms with Crippen molar-refractivity contribution >= 4 is 0 Å². The van der Waals surface area contributed by atoms with E-state index >= 15 is 0 Å². The first-order chi connectivity index (χ1) is 9.26. The van der Waals surface area contributed by atoms with Crippen LogP contribution in [0, 0.1) is 5.82 Å². The molecule has 2 bridgehead atoms. The van der Waals surface area contributed by atoms with Gasteiger partial charge in [0.1, 0.15) is 5.82 Å². The lowest BCUT2D eigenvalue weighted by Gasteiger charge is -2.37. The first-order valence-electron chi connectivity index (χ1n) is 7.49. The van der Waals surface area contributed by atoms with E-state index in [-0.39, 0.29) is 5.82 Å². The molecule has 104 valence electrons. The first-order valence-corrected chi connectivity index (χ1v) is 7.49. The van der Waals surface area contributed by atoms with Crippen molar-refractivity contribution in [1.82, 2.24) is 10.2 Å². The molecule has 0 spiro atoms. The number of fused-ring (bicyclic) bond motifs is 2. The second-order valence-corrected chi connectivity index (χ2v) is 5.92. The Hall–Kier alpha value is -0.930. The minimum atomic E-state index is -0.0714. The molecule has 2 nitrogen and oxygen atoms in total. The van der Waals surface area contributed by atoms with E-state index in [0.29, 0.717) is 18.1 Å². The Morgan fingerprint density at radius 1 is 1.21 bits per heavy atom. The molecule has 0 aromatic heterocycles. The third-order valence-electron chi connectivity index (χ3n) is 4.70. The fourth-order valence-electron chi connectivity index (χ4n) is 3.67. The Labute approximate surface area is 115 Å². The van der Waals surface area contributed by atoms with Crippen molar-refractivity contribution in [3.05, 3.63) is 35.6 Å². The molecule has 0 amide bonds. The number of nitrogens with one attached hydrogen (secondary N) is 1. The molecule has 0 saturated carbocycles. The van der Waals surface area contributed by atoms with Gasteiger partial charge in [0.2, 0.25) is 0 Å². The molecule has 1 aromatic rings. The molecule has 2 unspecified atom stereocenters. The molecular formula is C16H23FN2. The Bertz CT molecular complexity index is 423. The van der Waals surface area contributed by atoms with Gasteiger partial charge < -0.3 is 5.32 Å². The Kier molecular flexibility index (Phi) is 3.85. The predicted molar refractivity (Wildman–Crippen MR) is 75.5 cm³/mol. The lowest BCUT2D eigenvalue weighted by atomic mass is 9.97. The molecule has 0 aliphatic carbocycles. The van der Waals surface area contributed by atoms with Crippen LogP contribution in [0.5, 0.6) is 0 Å². The van der Waals surface area contributed by atoms with Crippen LogP contribution in [0.4, 0.5) is 4.39 Å². The van der Waals surface area contributed by atoms with Gasteiger partial charge in [-0.25, -0.2) is 4.39 Å². The molecule has 1 aromatic carbocycles. The van der Waals surface area contributed by atoms with Crippen molar-refractivity contribution in [2.24, 2.45) is 0 Å². The topological polar surface area (TPSA) is 15.3 Å². The number of rotatable bonds is 4. The summed E-state index contributed by atoms with van der Waals surface area (Å²) in [6, 6.07) is 9.17. The number of piperidine rings is 1. The van der Waals surface area contributed by atoms with Crippen LogP contribution in [0.1, 0.15) is 38.2 Å². The summed E-state index contributed by atoms with van der Waals surface area (Å²) in [6.45, 7) is 3.93. The van der Waals surface area contributed by atoms with Gasteiger partial charge in [-0.3, -0.25) is 4.90 Å². The highest BCUT2D eigenvalue weighted by atomic mass is 19.1. The summed E-state index contributed by atoms with van der Waals surface area (Å²) in [5.41, 5.74) is 0.829. The Morgan fingerprint density at radius 3 is 2.53 bits per heavy atom. The second-order valence-electron chi connectivity index (χ2n) is 5.92. The summed E-state index contributed by atoms with van der Waals surface area (Å²) >= 11 is 0. The second kappa shape index (κ2) is 5.59. The van der Waals surface area contributed by atoms with Crippen LogP contribution in [0.15, 0.2) is 24.3 Å². The molecule has 0 radical (unpaired) electrons.